The first-order valence-electron chi connectivity index (χ1n) is 14.1. The van der Waals surface area contributed by atoms with Crippen LogP contribution in [0.3, 0.4) is 0 Å². The van der Waals surface area contributed by atoms with Crippen molar-refractivity contribution in [3.63, 3.8) is 0 Å². The molecule has 5 rings (SSSR count). The van der Waals surface area contributed by atoms with Crippen molar-refractivity contribution in [2.75, 3.05) is 26.2 Å². The topological polar surface area (TPSA) is 92.9 Å². The Bertz CT molecular complexity index is 1490. The number of amides is 2. The molecule has 8 nitrogen and oxygen atoms in total. The van der Waals surface area contributed by atoms with Crippen LogP contribution in [0, 0.1) is 0 Å². The standard InChI is InChI=1S/C33H37N3O5/c1-39-26-16-14-25(15-17-26)36(31(37)20-23-21-34-28-12-8-7-11-27(23)28)32(33(38)35-24-9-5-4-6-10-24)22-13-18-29(40-2)30(19-22)41-3/h7-8,11-19,21,24,32,34H,4-6,9-10,20H2,1-3H3,(H,35,38). The first-order chi connectivity index (χ1) is 20.0. The highest BCUT2D eigenvalue weighted by Crippen LogP contribution is 2.36. The maximum absolute atomic E-state index is 14.3. The molecule has 0 aliphatic heterocycles. The van der Waals surface area contributed by atoms with Gasteiger partial charge in [-0.05, 0) is 66.4 Å². The van der Waals surface area contributed by atoms with E-state index in [1.165, 1.54) is 6.42 Å². The van der Waals surface area contributed by atoms with Crippen molar-refractivity contribution in [3.8, 4) is 17.2 Å². The van der Waals surface area contributed by atoms with Crippen LogP contribution in [0.1, 0.15) is 49.3 Å². The normalized spacial score (nSPS) is 14.3. The molecule has 0 spiro atoms. The van der Waals surface area contributed by atoms with Gasteiger partial charge in [0.15, 0.2) is 11.5 Å². The molecule has 41 heavy (non-hydrogen) atoms. The Labute approximate surface area is 240 Å². The van der Waals surface area contributed by atoms with Crippen LogP contribution >= 0.6 is 0 Å². The summed E-state index contributed by atoms with van der Waals surface area (Å²) in [5, 5.41) is 4.24. The van der Waals surface area contributed by atoms with Gasteiger partial charge in [-0.25, -0.2) is 0 Å². The fraction of sp³-hybridized carbons (Fsp3) is 0.333. The molecule has 2 N–H and O–H groups in total. The minimum Gasteiger partial charge on any atom is -0.497 e. The first kappa shape index (κ1) is 28.1. The number of carbonyl (C=O) groups excluding carboxylic acids is 2. The summed E-state index contributed by atoms with van der Waals surface area (Å²) in [5.74, 6) is 1.25. The lowest BCUT2D eigenvalue weighted by atomic mass is 9.94. The molecule has 1 aromatic heterocycles. The number of para-hydroxylation sites is 1. The van der Waals surface area contributed by atoms with E-state index >= 15 is 0 Å². The van der Waals surface area contributed by atoms with Gasteiger partial charge in [0.25, 0.3) is 0 Å². The number of ether oxygens (including phenoxy) is 3. The molecule has 0 radical (unpaired) electrons. The van der Waals surface area contributed by atoms with E-state index in [0.717, 1.165) is 42.1 Å². The summed E-state index contributed by atoms with van der Waals surface area (Å²) in [5.41, 5.74) is 3.04. The second kappa shape index (κ2) is 12.8. The molecule has 4 aromatic rings. The summed E-state index contributed by atoms with van der Waals surface area (Å²) in [6.45, 7) is 0. The zero-order chi connectivity index (χ0) is 28.8. The third-order valence-corrected chi connectivity index (χ3v) is 7.82. The molecule has 2 amide bonds. The van der Waals surface area contributed by atoms with Crippen molar-refractivity contribution in [1.82, 2.24) is 10.3 Å². The average molecular weight is 556 g/mol. The van der Waals surface area contributed by atoms with Crippen LogP contribution in [0.25, 0.3) is 10.9 Å². The Morgan fingerprint density at radius 1 is 0.902 bits per heavy atom. The number of rotatable bonds is 10. The fourth-order valence-corrected chi connectivity index (χ4v) is 5.67. The number of nitrogens with zero attached hydrogens (tertiary/aromatic N) is 1. The van der Waals surface area contributed by atoms with E-state index in [1.54, 1.807) is 50.5 Å². The fourth-order valence-electron chi connectivity index (χ4n) is 5.67. The molecule has 1 atom stereocenters. The molecule has 214 valence electrons. The molecule has 3 aromatic carbocycles. The number of anilines is 1. The van der Waals surface area contributed by atoms with Gasteiger partial charge in [-0.3, -0.25) is 14.5 Å². The SMILES string of the molecule is COc1ccc(N(C(=O)Cc2c[nH]c3ccccc23)C(C(=O)NC2CCCCC2)c2ccc(OC)c(OC)c2)cc1. The monoisotopic (exact) mass is 555 g/mol. The Balaban J connectivity index is 1.60. The zero-order valence-corrected chi connectivity index (χ0v) is 23.8. The quantitative estimate of drug-likeness (QED) is 0.252. The second-order valence-electron chi connectivity index (χ2n) is 10.4. The summed E-state index contributed by atoms with van der Waals surface area (Å²) in [7, 11) is 4.72. The van der Waals surface area contributed by atoms with Crippen molar-refractivity contribution in [2.45, 2.75) is 50.6 Å². The smallest absolute Gasteiger partial charge is 0.248 e. The van der Waals surface area contributed by atoms with Crippen LogP contribution in [0.5, 0.6) is 17.2 Å². The van der Waals surface area contributed by atoms with Crippen LogP contribution in [0.15, 0.2) is 72.9 Å². The van der Waals surface area contributed by atoms with Gasteiger partial charge in [0.05, 0.1) is 27.8 Å². The molecular formula is C33H37N3O5. The number of H-pyrrole nitrogens is 1. The van der Waals surface area contributed by atoms with E-state index in [-0.39, 0.29) is 24.3 Å². The molecule has 8 heteroatoms. The highest BCUT2D eigenvalue weighted by Gasteiger charge is 2.35. The van der Waals surface area contributed by atoms with E-state index < -0.39 is 6.04 Å². The van der Waals surface area contributed by atoms with Crippen LogP contribution in [-0.4, -0.2) is 44.2 Å². The number of benzene rings is 3. The van der Waals surface area contributed by atoms with Gasteiger partial charge in [0.1, 0.15) is 11.8 Å². The van der Waals surface area contributed by atoms with E-state index in [4.69, 9.17) is 14.2 Å². The van der Waals surface area contributed by atoms with E-state index in [2.05, 4.69) is 10.3 Å². The summed E-state index contributed by atoms with van der Waals surface area (Å²) < 4.78 is 16.4. The highest BCUT2D eigenvalue weighted by molar-refractivity contribution is 6.03. The van der Waals surface area contributed by atoms with Crippen LogP contribution in [0.2, 0.25) is 0 Å². The first-order valence-corrected chi connectivity index (χ1v) is 14.1. The molecule has 1 fully saturated rings. The van der Waals surface area contributed by atoms with Crippen molar-refractivity contribution in [3.05, 3.63) is 84.1 Å². The number of nitrogens with one attached hydrogen (secondary N) is 2. The lowest BCUT2D eigenvalue weighted by Crippen LogP contribution is -2.47. The average Bonchev–Trinajstić information content (AvgIpc) is 3.42. The van der Waals surface area contributed by atoms with Crippen molar-refractivity contribution in [1.29, 1.82) is 0 Å². The predicted octanol–water partition coefficient (Wildman–Crippen LogP) is 5.96. The molecule has 1 unspecified atom stereocenters. The molecule has 0 saturated heterocycles. The summed E-state index contributed by atoms with van der Waals surface area (Å²) in [6.07, 6.45) is 7.15. The lowest BCUT2D eigenvalue weighted by Gasteiger charge is -2.34. The van der Waals surface area contributed by atoms with Crippen molar-refractivity contribution < 1.29 is 23.8 Å². The summed E-state index contributed by atoms with van der Waals surface area (Å²) >= 11 is 0. The van der Waals surface area contributed by atoms with Gasteiger partial charge in [-0.1, -0.05) is 43.5 Å². The summed E-state index contributed by atoms with van der Waals surface area (Å²) in [6, 6.07) is 19.6. The van der Waals surface area contributed by atoms with Crippen molar-refractivity contribution >= 4 is 28.4 Å². The van der Waals surface area contributed by atoms with Crippen LogP contribution < -0.4 is 24.4 Å². The van der Waals surface area contributed by atoms with Gasteiger partial charge >= 0.3 is 0 Å². The Kier molecular flexibility index (Phi) is 8.77. The zero-order valence-electron chi connectivity index (χ0n) is 23.8. The van der Waals surface area contributed by atoms with Gasteiger partial charge in [-0.2, -0.15) is 0 Å². The Morgan fingerprint density at radius 2 is 1.63 bits per heavy atom. The maximum atomic E-state index is 14.3. The number of fused-ring (bicyclic) bond motifs is 1. The van der Waals surface area contributed by atoms with Crippen LogP contribution in [-0.2, 0) is 16.0 Å². The Hall–Kier alpha value is -4.46. The highest BCUT2D eigenvalue weighted by atomic mass is 16.5. The Morgan fingerprint density at radius 3 is 2.34 bits per heavy atom. The molecule has 1 saturated carbocycles. The molecular weight excluding hydrogens is 518 g/mol. The molecule has 1 aliphatic carbocycles. The molecule has 0 bridgehead atoms. The largest absolute Gasteiger partial charge is 0.497 e. The number of hydrogen-bond acceptors (Lipinski definition) is 5. The molecule has 1 heterocycles. The molecule has 1 aliphatic rings. The minimum atomic E-state index is -0.942. The maximum Gasteiger partial charge on any atom is 0.248 e. The number of hydrogen-bond donors (Lipinski definition) is 2. The van der Waals surface area contributed by atoms with Gasteiger partial charge in [0, 0.05) is 28.8 Å². The number of carbonyl (C=O) groups is 2. The lowest BCUT2D eigenvalue weighted by molar-refractivity contribution is -0.127. The van der Waals surface area contributed by atoms with Gasteiger partial charge < -0.3 is 24.5 Å². The van der Waals surface area contributed by atoms with Gasteiger partial charge in [0.2, 0.25) is 11.8 Å². The van der Waals surface area contributed by atoms with Crippen LogP contribution in [0.4, 0.5) is 5.69 Å². The van der Waals surface area contributed by atoms with E-state index in [1.807, 2.05) is 48.7 Å². The third kappa shape index (κ3) is 6.16. The van der Waals surface area contributed by atoms with E-state index in [9.17, 15) is 9.59 Å². The third-order valence-electron chi connectivity index (χ3n) is 7.82. The predicted molar refractivity (Wildman–Crippen MR) is 160 cm³/mol. The van der Waals surface area contributed by atoms with E-state index in [0.29, 0.717) is 28.5 Å². The number of methoxy groups -OCH3 is 3. The van der Waals surface area contributed by atoms with Gasteiger partial charge in [-0.15, -0.1) is 0 Å². The number of aromatic nitrogens is 1. The van der Waals surface area contributed by atoms with Crippen molar-refractivity contribution in [2.24, 2.45) is 0 Å². The summed E-state index contributed by atoms with van der Waals surface area (Å²) in [4.78, 5) is 33.4. The minimum absolute atomic E-state index is 0.0698. The second-order valence-corrected chi connectivity index (χ2v) is 10.4. The number of aromatic amines is 1.